The number of anilines is 2. The predicted molar refractivity (Wildman–Crippen MR) is 84.2 cm³/mol. The molecule has 2 N–H and O–H groups in total. The summed E-state index contributed by atoms with van der Waals surface area (Å²) >= 11 is 0. The van der Waals surface area contributed by atoms with Crippen LogP contribution in [0.15, 0.2) is 6.07 Å². The van der Waals surface area contributed by atoms with Crippen molar-refractivity contribution in [3.63, 3.8) is 0 Å². The van der Waals surface area contributed by atoms with E-state index in [4.69, 9.17) is 0 Å². The van der Waals surface area contributed by atoms with E-state index in [1.165, 1.54) is 6.42 Å². The van der Waals surface area contributed by atoms with Gasteiger partial charge in [0.15, 0.2) is 0 Å². The Morgan fingerprint density at radius 3 is 2.80 bits per heavy atom. The fourth-order valence-corrected chi connectivity index (χ4v) is 2.74. The second-order valence-electron chi connectivity index (χ2n) is 5.89. The molecule has 1 aliphatic rings. The molecule has 2 rings (SSSR count). The maximum absolute atomic E-state index is 4.51. The van der Waals surface area contributed by atoms with Crippen molar-refractivity contribution >= 4 is 11.6 Å². The van der Waals surface area contributed by atoms with Gasteiger partial charge in [-0.05, 0) is 39.3 Å². The zero-order valence-electron chi connectivity index (χ0n) is 13.1. The molecule has 0 radical (unpaired) electrons. The van der Waals surface area contributed by atoms with E-state index in [2.05, 4.69) is 46.4 Å². The molecule has 0 saturated carbocycles. The summed E-state index contributed by atoms with van der Waals surface area (Å²) in [5, 5.41) is 6.92. The standard InChI is InChI=1S/C15H27N5/c1-5-7-16-14-9-15(18-12(3)17-14)19-13-6-8-20(4)10-11(13)2/h9,11,13H,5-8,10H2,1-4H3,(H2,16,17,18,19). The van der Waals surface area contributed by atoms with Crippen LogP contribution in [-0.4, -0.2) is 47.6 Å². The fraction of sp³-hybridized carbons (Fsp3) is 0.733. The number of hydrogen-bond donors (Lipinski definition) is 2. The molecule has 20 heavy (non-hydrogen) atoms. The van der Waals surface area contributed by atoms with Crippen LogP contribution in [0.25, 0.3) is 0 Å². The predicted octanol–water partition coefficient (Wildman–Crippen LogP) is 2.36. The number of piperidine rings is 1. The van der Waals surface area contributed by atoms with Crippen LogP contribution in [-0.2, 0) is 0 Å². The van der Waals surface area contributed by atoms with Gasteiger partial charge in [0.05, 0.1) is 0 Å². The van der Waals surface area contributed by atoms with Gasteiger partial charge in [-0.1, -0.05) is 13.8 Å². The largest absolute Gasteiger partial charge is 0.370 e. The maximum Gasteiger partial charge on any atom is 0.132 e. The van der Waals surface area contributed by atoms with Gasteiger partial charge < -0.3 is 15.5 Å². The highest BCUT2D eigenvalue weighted by Gasteiger charge is 2.24. The van der Waals surface area contributed by atoms with Gasteiger partial charge in [0, 0.05) is 25.2 Å². The Kier molecular flexibility index (Phi) is 5.17. The molecular formula is C15H27N5. The third-order valence-electron chi connectivity index (χ3n) is 3.84. The molecule has 0 aliphatic carbocycles. The fourth-order valence-electron chi connectivity index (χ4n) is 2.74. The lowest BCUT2D eigenvalue weighted by Gasteiger charge is -2.35. The van der Waals surface area contributed by atoms with Crippen molar-refractivity contribution in [1.82, 2.24) is 14.9 Å². The molecule has 112 valence electrons. The van der Waals surface area contributed by atoms with Crippen LogP contribution >= 0.6 is 0 Å². The smallest absolute Gasteiger partial charge is 0.132 e. The van der Waals surface area contributed by atoms with Crippen molar-refractivity contribution in [3.8, 4) is 0 Å². The second-order valence-corrected chi connectivity index (χ2v) is 5.89. The molecule has 1 aromatic rings. The van der Waals surface area contributed by atoms with Crippen LogP contribution < -0.4 is 10.6 Å². The molecule has 0 spiro atoms. The molecule has 1 fully saturated rings. The first-order valence-electron chi connectivity index (χ1n) is 7.63. The van der Waals surface area contributed by atoms with Gasteiger partial charge in [-0.25, -0.2) is 9.97 Å². The lowest BCUT2D eigenvalue weighted by atomic mass is 9.94. The molecule has 2 heterocycles. The van der Waals surface area contributed by atoms with Crippen LogP contribution in [0.2, 0.25) is 0 Å². The van der Waals surface area contributed by atoms with Gasteiger partial charge >= 0.3 is 0 Å². The minimum atomic E-state index is 0.500. The van der Waals surface area contributed by atoms with E-state index in [0.717, 1.165) is 43.5 Å². The quantitative estimate of drug-likeness (QED) is 0.865. The van der Waals surface area contributed by atoms with E-state index in [1.54, 1.807) is 0 Å². The Morgan fingerprint density at radius 2 is 2.10 bits per heavy atom. The Hall–Kier alpha value is -1.36. The van der Waals surface area contributed by atoms with E-state index in [1.807, 2.05) is 13.0 Å². The van der Waals surface area contributed by atoms with Crippen molar-refractivity contribution in [2.75, 3.05) is 37.3 Å². The minimum Gasteiger partial charge on any atom is -0.370 e. The van der Waals surface area contributed by atoms with Crippen molar-refractivity contribution in [2.45, 2.75) is 39.7 Å². The number of aromatic nitrogens is 2. The molecule has 0 bridgehead atoms. The first kappa shape index (κ1) is 15.0. The molecule has 0 amide bonds. The summed E-state index contributed by atoms with van der Waals surface area (Å²) in [4.78, 5) is 11.3. The van der Waals surface area contributed by atoms with Crippen LogP contribution in [0, 0.1) is 12.8 Å². The molecule has 0 aromatic carbocycles. The highest BCUT2D eigenvalue weighted by atomic mass is 15.1. The average molecular weight is 277 g/mol. The van der Waals surface area contributed by atoms with E-state index >= 15 is 0 Å². The van der Waals surface area contributed by atoms with Crippen molar-refractivity contribution in [3.05, 3.63) is 11.9 Å². The molecule has 5 nitrogen and oxygen atoms in total. The molecule has 2 atom stereocenters. The van der Waals surface area contributed by atoms with Crippen molar-refractivity contribution < 1.29 is 0 Å². The Bertz CT molecular complexity index is 434. The maximum atomic E-state index is 4.51. The Balaban J connectivity index is 2.03. The van der Waals surface area contributed by atoms with Gasteiger partial charge in [-0.3, -0.25) is 0 Å². The van der Waals surface area contributed by atoms with E-state index in [9.17, 15) is 0 Å². The lowest BCUT2D eigenvalue weighted by Crippen LogP contribution is -2.43. The second kappa shape index (κ2) is 6.88. The first-order valence-corrected chi connectivity index (χ1v) is 7.63. The summed E-state index contributed by atoms with van der Waals surface area (Å²) in [6, 6.07) is 2.52. The third-order valence-corrected chi connectivity index (χ3v) is 3.84. The third kappa shape index (κ3) is 4.07. The number of likely N-dealkylation sites (tertiary alicyclic amines) is 1. The summed E-state index contributed by atoms with van der Waals surface area (Å²) in [6.07, 6.45) is 2.26. The lowest BCUT2D eigenvalue weighted by molar-refractivity contribution is 0.206. The molecular weight excluding hydrogens is 250 g/mol. The van der Waals surface area contributed by atoms with Gasteiger partial charge in [0.1, 0.15) is 17.5 Å². The van der Waals surface area contributed by atoms with E-state index in [0.29, 0.717) is 12.0 Å². The highest BCUT2D eigenvalue weighted by molar-refractivity contribution is 5.48. The molecule has 5 heteroatoms. The summed E-state index contributed by atoms with van der Waals surface area (Å²) < 4.78 is 0. The van der Waals surface area contributed by atoms with Crippen LogP contribution in [0.3, 0.4) is 0 Å². The minimum absolute atomic E-state index is 0.500. The zero-order chi connectivity index (χ0) is 14.5. The van der Waals surface area contributed by atoms with Crippen LogP contribution in [0.4, 0.5) is 11.6 Å². The number of nitrogens with zero attached hydrogens (tertiary/aromatic N) is 3. The molecule has 2 unspecified atom stereocenters. The molecule has 1 saturated heterocycles. The highest BCUT2D eigenvalue weighted by Crippen LogP contribution is 2.20. The summed E-state index contributed by atoms with van der Waals surface area (Å²) in [6.45, 7) is 9.63. The van der Waals surface area contributed by atoms with Gasteiger partial charge in [0.2, 0.25) is 0 Å². The van der Waals surface area contributed by atoms with E-state index < -0.39 is 0 Å². The van der Waals surface area contributed by atoms with Gasteiger partial charge in [-0.2, -0.15) is 0 Å². The number of aryl methyl sites for hydroxylation is 1. The molecule has 1 aromatic heterocycles. The molecule has 1 aliphatic heterocycles. The van der Waals surface area contributed by atoms with Gasteiger partial charge in [-0.15, -0.1) is 0 Å². The average Bonchev–Trinajstić information content (AvgIpc) is 2.39. The Morgan fingerprint density at radius 1 is 1.35 bits per heavy atom. The normalized spacial score (nSPS) is 23.6. The number of hydrogen-bond acceptors (Lipinski definition) is 5. The van der Waals surface area contributed by atoms with Crippen LogP contribution in [0.5, 0.6) is 0 Å². The topological polar surface area (TPSA) is 53.1 Å². The van der Waals surface area contributed by atoms with Crippen LogP contribution in [0.1, 0.15) is 32.5 Å². The summed E-state index contributed by atoms with van der Waals surface area (Å²) in [7, 11) is 2.19. The van der Waals surface area contributed by atoms with Crippen molar-refractivity contribution in [2.24, 2.45) is 5.92 Å². The first-order chi connectivity index (χ1) is 9.58. The monoisotopic (exact) mass is 277 g/mol. The van der Waals surface area contributed by atoms with Gasteiger partial charge in [0.25, 0.3) is 0 Å². The summed E-state index contributed by atoms with van der Waals surface area (Å²) in [5.74, 6) is 3.31. The SMILES string of the molecule is CCCNc1cc(NC2CCN(C)CC2C)nc(C)n1. The summed E-state index contributed by atoms with van der Waals surface area (Å²) in [5.41, 5.74) is 0. The van der Waals surface area contributed by atoms with Crippen molar-refractivity contribution in [1.29, 1.82) is 0 Å². The van der Waals surface area contributed by atoms with E-state index in [-0.39, 0.29) is 0 Å². The Labute approximate surface area is 122 Å². The number of nitrogens with one attached hydrogen (secondary N) is 2. The number of rotatable bonds is 5. The zero-order valence-corrected chi connectivity index (χ0v) is 13.1.